The van der Waals surface area contributed by atoms with Crippen molar-refractivity contribution in [3.8, 4) is 0 Å². The number of anilines is 1. The van der Waals surface area contributed by atoms with Crippen molar-refractivity contribution in [1.82, 2.24) is 4.98 Å². The van der Waals surface area contributed by atoms with Crippen LogP contribution in [0.2, 0.25) is 0 Å². The first kappa shape index (κ1) is 13.9. The van der Waals surface area contributed by atoms with E-state index in [1.54, 1.807) is 7.11 Å². The van der Waals surface area contributed by atoms with E-state index < -0.39 is 0 Å². The molecule has 0 spiro atoms. The molecule has 0 atom stereocenters. The number of hydrogen-bond acceptors (Lipinski definition) is 4. The number of aliphatic hydroxyl groups is 1. The summed E-state index contributed by atoms with van der Waals surface area (Å²) >= 11 is 0. The van der Waals surface area contributed by atoms with Crippen LogP contribution >= 0.6 is 0 Å². The molecule has 4 heteroatoms. The molecule has 0 amide bonds. The van der Waals surface area contributed by atoms with Crippen molar-refractivity contribution < 1.29 is 9.84 Å². The van der Waals surface area contributed by atoms with Gasteiger partial charge >= 0.3 is 0 Å². The number of methoxy groups -OCH3 is 1. The van der Waals surface area contributed by atoms with Crippen molar-refractivity contribution in [1.29, 1.82) is 0 Å². The number of ether oxygens (including phenoxy) is 1. The molecule has 1 rings (SSSR count). The van der Waals surface area contributed by atoms with Crippen LogP contribution in [-0.4, -0.2) is 37.4 Å². The van der Waals surface area contributed by atoms with Gasteiger partial charge in [0.2, 0.25) is 0 Å². The molecule has 0 aliphatic heterocycles. The van der Waals surface area contributed by atoms with Crippen LogP contribution < -0.4 is 4.90 Å². The third-order valence-electron chi connectivity index (χ3n) is 2.69. The van der Waals surface area contributed by atoms with Gasteiger partial charge in [-0.15, -0.1) is 0 Å². The fourth-order valence-electron chi connectivity index (χ4n) is 1.52. The highest BCUT2D eigenvalue weighted by Crippen LogP contribution is 2.19. The van der Waals surface area contributed by atoms with Crippen molar-refractivity contribution >= 4 is 5.82 Å². The Kier molecular flexibility index (Phi) is 5.38. The number of aromatic nitrogens is 1. The van der Waals surface area contributed by atoms with Crippen LogP contribution in [0, 0.1) is 0 Å². The molecule has 4 nitrogen and oxygen atoms in total. The first-order valence-corrected chi connectivity index (χ1v) is 5.90. The molecular formula is C13H22N2O2. The van der Waals surface area contributed by atoms with E-state index in [9.17, 15) is 5.11 Å². The molecule has 0 radical (unpaired) electrons. The Bertz CT molecular complexity index is 353. The lowest BCUT2D eigenvalue weighted by atomic mass is 10.1. The van der Waals surface area contributed by atoms with Gasteiger partial charge in [-0.05, 0) is 23.6 Å². The predicted octanol–water partition coefficient (Wildman–Crippen LogP) is 1.78. The van der Waals surface area contributed by atoms with E-state index >= 15 is 0 Å². The van der Waals surface area contributed by atoms with Crippen LogP contribution in [0.1, 0.15) is 31.0 Å². The molecule has 1 aromatic heterocycles. The van der Waals surface area contributed by atoms with Gasteiger partial charge in [0, 0.05) is 26.4 Å². The van der Waals surface area contributed by atoms with Crippen LogP contribution in [0.25, 0.3) is 0 Å². The number of aliphatic hydroxyl groups excluding tert-OH is 1. The minimum Gasteiger partial charge on any atom is -0.392 e. The Labute approximate surface area is 103 Å². The van der Waals surface area contributed by atoms with Gasteiger partial charge in [-0.2, -0.15) is 0 Å². The lowest BCUT2D eigenvalue weighted by Gasteiger charge is -2.20. The van der Waals surface area contributed by atoms with Crippen molar-refractivity contribution in [3.63, 3.8) is 0 Å². The molecule has 0 unspecified atom stereocenters. The van der Waals surface area contributed by atoms with E-state index in [1.807, 2.05) is 24.1 Å². The zero-order valence-corrected chi connectivity index (χ0v) is 11.1. The minimum atomic E-state index is 0.0490. The first-order valence-electron chi connectivity index (χ1n) is 5.90. The molecule has 0 saturated carbocycles. The summed E-state index contributed by atoms with van der Waals surface area (Å²) < 4.78 is 5.05. The molecule has 1 aromatic rings. The summed E-state index contributed by atoms with van der Waals surface area (Å²) in [5, 5.41) is 9.26. The standard InChI is InChI=1S/C13H22N2O2/c1-10(2)12-7-11(9-16)8-13(14-12)15(3)5-6-17-4/h7-8,10,16H,5-6,9H2,1-4H3. The fourth-order valence-corrected chi connectivity index (χ4v) is 1.52. The van der Waals surface area contributed by atoms with Gasteiger partial charge in [0.1, 0.15) is 5.82 Å². The SMILES string of the molecule is COCCN(C)c1cc(CO)cc(C(C)C)n1. The van der Waals surface area contributed by atoms with Gasteiger partial charge in [0.15, 0.2) is 0 Å². The van der Waals surface area contributed by atoms with Crippen molar-refractivity contribution in [3.05, 3.63) is 23.4 Å². The second-order valence-corrected chi connectivity index (χ2v) is 4.49. The third-order valence-corrected chi connectivity index (χ3v) is 2.69. The molecule has 0 saturated heterocycles. The lowest BCUT2D eigenvalue weighted by Crippen LogP contribution is -2.23. The van der Waals surface area contributed by atoms with Crippen LogP contribution in [0.5, 0.6) is 0 Å². The zero-order chi connectivity index (χ0) is 12.8. The van der Waals surface area contributed by atoms with Crippen molar-refractivity contribution in [2.45, 2.75) is 26.4 Å². The summed E-state index contributed by atoms with van der Waals surface area (Å²) in [5.41, 5.74) is 1.92. The average Bonchev–Trinajstić information content (AvgIpc) is 2.35. The molecular weight excluding hydrogens is 216 g/mol. The number of rotatable bonds is 6. The summed E-state index contributed by atoms with van der Waals surface area (Å²) in [5.74, 6) is 1.24. The fraction of sp³-hybridized carbons (Fsp3) is 0.615. The Morgan fingerprint density at radius 2 is 2.12 bits per heavy atom. The Balaban J connectivity index is 2.93. The molecule has 0 aromatic carbocycles. The lowest BCUT2D eigenvalue weighted by molar-refractivity contribution is 0.206. The van der Waals surface area contributed by atoms with E-state index in [2.05, 4.69) is 18.8 Å². The maximum absolute atomic E-state index is 9.26. The molecule has 0 aliphatic carbocycles. The Morgan fingerprint density at radius 1 is 1.41 bits per heavy atom. The quantitative estimate of drug-likeness (QED) is 0.820. The average molecular weight is 238 g/mol. The number of pyridine rings is 1. The van der Waals surface area contributed by atoms with E-state index in [1.165, 1.54) is 0 Å². The van der Waals surface area contributed by atoms with Gasteiger partial charge in [-0.25, -0.2) is 4.98 Å². The number of likely N-dealkylation sites (N-methyl/N-ethyl adjacent to an activating group) is 1. The Morgan fingerprint density at radius 3 is 2.65 bits per heavy atom. The maximum Gasteiger partial charge on any atom is 0.128 e. The van der Waals surface area contributed by atoms with Gasteiger partial charge < -0.3 is 14.7 Å². The summed E-state index contributed by atoms with van der Waals surface area (Å²) in [6.45, 7) is 5.70. The molecule has 17 heavy (non-hydrogen) atoms. The smallest absolute Gasteiger partial charge is 0.128 e. The maximum atomic E-state index is 9.26. The molecule has 1 N–H and O–H groups in total. The van der Waals surface area contributed by atoms with Crippen LogP contribution in [-0.2, 0) is 11.3 Å². The largest absolute Gasteiger partial charge is 0.392 e. The summed E-state index contributed by atoms with van der Waals surface area (Å²) in [6, 6.07) is 3.87. The van der Waals surface area contributed by atoms with Crippen molar-refractivity contribution in [2.24, 2.45) is 0 Å². The van der Waals surface area contributed by atoms with Gasteiger partial charge in [0.25, 0.3) is 0 Å². The second kappa shape index (κ2) is 6.57. The molecule has 1 heterocycles. The molecule has 0 aliphatic rings. The van der Waals surface area contributed by atoms with E-state index in [0.29, 0.717) is 12.5 Å². The van der Waals surface area contributed by atoms with E-state index in [4.69, 9.17) is 4.74 Å². The predicted molar refractivity (Wildman–Crippen MR) is 69.4 cm³/mol. The Hall–Kier alpha value is -1.13. The van der Waals surface area contributed by atoms with Crippen LogP contribution in [0.3, 0.4) is 0 Å². The van der Waals surface area contributed by atoms with Crippen LogP contribution in [0.4, 0.5) is 5.82 Å². The highest BCUT2D eigenvalue weighted by atomic mass is 16.5. The number of hydrogen-bond donors (Lipinski definition) is 1. The monoisotopic (exact) mass is 238 g/mol. The first-order chi connectivity index (χ1) is 8.08. The summed E-state index contributed by atoms with van der Waals surface area (Å²) in [7, 11) is 3.66. The van der Waals surface area contributed by atoms with E-state index in [-0.39, 0.29) is 6.61 Å². The highest BCUT2D eigenvalue weighted by molar-refractivity contribution is 5.42. The molecule has 96 valence electrons. The zero-order valence-electron chi connectivity index (χ0n) is 11.1. The summed E-state index contributed by atoms with van der Waals surface area (Å²) in [6.07, 6.45) is 0. The molecule has 0 fully saturated rings. The van der Waals surface area contributed by atoms with Gasteiger partial charge in [-0.3, -0.25) is 0 Å². The van der Waals surface area contributed by atoms with E-state index in [0.717, 1.165) is 23.6 Å². The highest BCUT2D eigenvalue weighted by Gasteiger charge is 2.09. The minimum absolute atomic E-state index is 0.0490. The summed E-state index contributed by atoms with van der Waals surface area (Å²) in [4.78, 5) is 6.63. The number of nitrogens with zero attached hydrogens (tertiary/aromatic N) is 2. The van der Waals surface area contributed by atoms with Crippen LogP contribution in [0.15, 0.2) is 12.1 Å². The topological polar surface area (TPSA) is 45.6 Å². The normalized spacial score (nSPS) is 10.9. The third kappa shape index (κ3) is 3.98. The molecule has 0 bridgehead atoms. The second-order valence-electron chi connectivity index (χ2n) is 4.49. The van der Waals surface area contributed by atoms with Gasteiger partial charge in [0.05, 0.1) is 13.2 Å². The van der Waals surface area contributed by atoms with Crippen molar-refractivity contribution in [2.75, 3.05) is 32.2 Å². The van der Waals surface area contributed by atoms with Gasteiger partial charge in [-0.1, -0.05) is 13.8 Å².